The van der Waals surface area contributed by atoms with E-state index in [-0.39, 0.29) is 42.8 Å². The molecule has 1 aliphatic heterocycles. The lowest BCUT2D eigenvalue weighted by atomic mass is 9.93. The minimum atomic E-state index is -1.15. The third-order valence-electron chi connectivity index (χ3n) is 5.67. The number of ether oxygens (including phenoxy) is 1. The van der Waals surface area contributed by atoms with Gasteiger partial charge < -0.3 is 25.4 Å². The van der Waals surface area contributed by atoms with Crippen LogP contribution in [0.2, 0.25) is 0 Å². The largest absolute Gasteiger partial charge is 0.480 e. The number of hydrogen-bond donors (Lipinski definition) is 3. The number of benzene rings is 2. The molecule has 1 atom stereocenters. The Balaban J connectivity index is 0.000000594. The van der Waals surface area contributed by atoms with Gasteiger partial charge in [-0.15, -0.1) is 0 Å². The normalized spacial score (nSPS) is 13.6. The van der Waals surface area contributed by atoms with E-state index >= 15 is 0 Å². The van der Waals surface area contributed by atoms with Crippen LogP contribution in [0.1, 0.15) is 75.9 Å². The van der Waals surface area contributed by atoms with Crippen LogP contribution in [0.4, 0.5) is 4.79 Å². The van der Waals surface area contributed by atoms with Gasteiger partial charge in [-0.3, -0.25) is 19.2 Å². The van der Waals surface area contributed by atoms with Gasteiger partial charge in [0.05, 0.1) is 0 Å². The van der Waals surface area contributed by atoms with Crippen molar-refractivity contribution in [2.75, 3.05) is 13.1 Å². The van der Waals surface area contributed by atoms with Crippen molar-refractivity contribution >= 4 is 29.7 Å². The van der Waals surface area contributed by atoms with E-state index in [1.54, 1.807) is 24.3 Å². The van der Waals surface area contributed by atoms with E-state index in [0.717, 1.165) is 11.1 Å². The monoisotopic (exact) mass is 569 g/mol. The van der Waals surface area contributed by atoms with Crippen LogP contribution in [0, 0.1) is 0 Å². The number of carbonyl (C=O) groups excluding carboxylic acids is 4. The maximum atomic E-state index is 12.9. The summed E-state index contributed by atoms with van der Waals surface area (Å²) in [6, 6.07) is 15.5. The summed E-state index contributed by atoms with van der Waals surface area (Å²) in [6.45, 7) is 11.7. The van der Waals surface area contributed by atoms with Crippen LogP contribution in [0.25, 0.3) is 0 Å². The van der Waals surface area contributed by atoms with Gasteiger partial charge in [0.25, 0.3) is 0 Å². The van der Waals surface area contributed by atoms with Crippen molar-refractivity contribution in [3.05, 3.63) is 71.3 Å². The Labute approximate surface area is 242 Å². The number of amides is 3. The van der Waals surface area contributed by atoms with Crippen molar-refractivity contribution in [3.8, 4) is 0 Å². The lowest BCUT2D eigenvalue weighted by molar-refractivity contribution is -0.143. The number of nitrogens with zero attached hydrogens (tertiary/aromatic N) is 1. The smallest absolute Gasteiger partial charge is 0.407 e. The van der Waals surface area contributed by atoms with Crippen LogP contribution in [0.3, 0.4) is 0 Å². The van der Waals surface area contributed by atoms with Crippen LogP contribution >= 0.6 is 0 Å². The van der Waals surface area contributed by atoms with Gasteiger partial charge in [0.1, 0.15) is 18.2 Å². The van der Waals surface area contributed by atoms with Crippen molar-refractivity contribution in [2.24, 2.45) is 0 Å². The maximum Gasteiger partial charge on any atom is 0.407 e. The molecule has 3 rings (SSSR count). The van der Waals surface area contributed by atoms with Gasteiger partial charge in [-0.25, -0.2) is 4.79 Å². The third-order valence-corrected chi connectivity index (χ3v) is 5.67. The van der Waals surface area contributed by atoms with Crippen LogP contribution in [-0.4, -0.2) is 64.4 Å². The van der Waals surface area contributed by atoms with E-state index in [4.69, 9.17) is 9.84 Å². The number of hydrogen-bond acceptors (Lipinski definition) is 6. The molecule has 0 aromatic heterocycles. The molecule has 10 heteroatoms. The third kappa shape index (κ3) is 12.7. The Bertz CT molecular complexity index is 1160. The van der Waals surface area contributed by atoms with Crippen molar-refractivity contribution < 1.29 is 33.8 Å². The summed E-state index contributed by atoms with van der Waals surface area (Å²) in [5, 5.41) is 13.7. The minimum absolute atomic E-state index is 0.0153. The van der Waals surface area contributed by atoms with Crippen molar-refractivity contribution in [3.63, 3.8) is 0 Å². The molecule has 1 unspecified atom stereocenters. The molecule has 41 heavy (non-hydrogen) atoms. The zero-order valence-corrected chi connectivity index (χ0v) is 24.9. The molecule has 0 spiro atoms. The summed E-state index contributed by atoms with van der Waals surface area (Å²) in [6.07, 6.45) is -0.0155. The lowest BCUT2D eigenvalue weighted by Gasteiger charge is -2.36. The fraction of sp³-hybridized carbons (Fsp3) is 0.452. The van der Waals surface area contributed by atoms with Gasteiger partial charge >= 0.3 is 12.1 Å². The fourth-order valence-corrected chi connectivity index (χ4v) is 3.89. The molecule has 0 saturated heterocycles. The van der Waals surface area contributed by atoms with Crippen LogP contribution in [-0.2, 0) is 32.1 Å². The molecule has 224 valence electrons. The van der Waals surface area contributed by atoms with Gasteiger partial charge in [-0.2, -0.15) is 0 Å². The summed E-state index contributed by atoms with van der Waals surface area (Å²) in [7, 11) is 0. The van der Waals surface area contributed by atoms with E-state index in [0.29, 0.717) is 18.5 Å². The van der Waals surface area contributed by atoms with Crippen LogP contribution in [0.15, 0.2) is 54.6 Å². The topological polar surface area (TPSA) is 142 Å². The number of ketones is 1. The van der Waals surface area contributed by atoms with Crippen molar-refractivity contribution in [1.29, 1.82) is 0 Å². The molecular formula is C31H43N3O7. The highest BCUT2D eigenvalue weighted by molar-refractivity contribution is 5.98. The minimum Gasteiger partial charge on any atom is -0.480 e. The summed E-state index contributed by atoms with van der Waals surface area (Å²) in [4.78, 5) is 60.7. The average Bonchev–Trinajstić information content (AvgIpc) is 2.94. The van der Waals surface area contributed by atoms with Crippen molar-refractivity contribution in [2.45, 2.75) is 79.0 Å². The van der Waals surface area contributed by atoms with Crippen LogP contribution in [0.5, 0.6) is 0 Å². The van der Waals surface area contributed by atoms with E-state index in [1.807, 2.05) is 71.9 Å². The second kappa shape index (κ2) is 17.5. The predicted molar refractivity (Wildman–Crippen MR) is 156 cm³/mol. The van der Waals surface area contributed by atoms with E-state index in [2.05, 4.69) is 10.6 Å². The van der Waals surface area contributed by atoms with Crippen LogP contribution < -0.4 is 10.6 Å². The molecule has 0 aliphatic carbocycles. The number of aliphatic carboxylic acids is 1. The molecule has 10 nitrogen and oxygen atoms in total. The Kier molecular flexibility index (Phi) is 14.8. The highest BCUT2D eigenvalue weighted by Gasteiger charge is 2.34. The number of carbonyl (C=O) groups is 5. The SMILES string of the molecule is CC.CCNC(=O)OC(C)(C)C.O=C(O)CNC(=O)C1Cc2ccccc2CN1C(=O)CCC(=O)c1ccccc1. The van der Waals surface area contributed by atoms with Gasteiger partial charge in [0.2, 0.25) is 11.8 Å². The molecule has 3 N–H and O–H groups in total. The van der Waals surface area contributed by atoms with E-state index < -0.39 is 24.5 Å². The predicted octanol–water partition coefficient (Wildman–Crippen LogP) is 4.36. The maximum absolute atomic E-state index is 12.9. The molecule has 0 bridgehead atoms. The Hall–Kier alpha value is -4.21. The summed E-state index contributed by atoms with van der Waals surface area (Å²) in [5.41, 5.74) is 2.05. The molecule has 1 heterocycles. The average molecular weight is 570 g/mol. The number of Topliss-reactive ketones (excluding diaryl/α,β-unsaturated/α-hetero) is 1. The number of fused-ring (bicyclic) bond motifs is 1. The van der Waals surface area contributed by atoms with Gasteiger partial charge in [0.15, 0.2) is 5.78 Å². The molecule has 0 fully saturated rings. The molecule has 0 radical (unpaired) electrons. The van der Waals surface area contributed by atoms with Gasteiger partial charge in [-0.1, -0.05) is 68.4 Å². The summed E-state index contributed by atoms with van der Waals surface area (Å²) < 4.78 is 4.93. The standard InChI is InChI=1S/C22H22N2O5.C7H15NO2.C2H6/c25-19(15-6-2-1-3-7-15)10-11-20(26)24-14-17-9-5-4-8-16(17)12-18(24)22(29)23-13-21(27)28;1-5-8-6(9)10-7(2,3)4;1-2/h1-9,18H,10-14H2,(H,23,29)(H,27,28);5H2,1-4H3,(H,8,9);1-2H3. The lowest BCUT2D eigenvalue weighted by Crippen LogP contribution is -2.53. The van der Waals surface area contributed by atoms with E-state index in [9.17, 15) is 24.0 Å². The van der Waals surface area contributed by atoms with Crippen molar-refractivity contribution in [1.82, 2.24) is 15.5 Å². The molecule has 2 aromatic carbocycles. The molecule has 0 saturated carbocycles. The summed E-state index contributed by atoms with van der Waals surface area (Å²) >= 11 is 0. The second-order valence-corrected chi connectivity index (χ2v) is 9.94. The first-order valence-corrected chi connectivity index (χ1v) is 13.8. The van der Waals surface area contributed by atoms with Gasteiger partial charge in [-0.05, 0) is 38.8 Å². The number of carboxylic acids is 1. The molecule has 3 amide bonds. The molecule has 1 aliphatic rings. The zero-order valence-electron chi connectivity index (χ0n) is 24.9. The zero-order chi connectivity index (χ0) is 31.0. The Morgan fingerprint density at radius 2 is 1.49 bits per heavy atom. The fourth-order valence-electron chi connectivity index (χ4n) is 3.89. The van der Waals surface area contributed by atoms with Gasteiger partial charge in [0, 0.05) is 37.9 Å². The van der Waals surface area contributed by atoms with E-state index in [1.165, 1.54) is 4.90 Å². The number of nitrogens with one attached hydrogen (secondary N) is 2. The first-order chi connectivity index (χ1) is 19.4. The Morgan fingerprint density at radius 3 is 2.05 bits per heavy atom. The highest BCUT2D eigenvalue weighted by Crippen LogP contribution is 2.24. The number of alkyl carbamates (subject to hydrolysis) is 1. The molecule has 2 aromatic rings. The highest BCUT2D eigenvalue weighted by atomic mass is 16.6. The number of rotatable bonds is 8. The second-order valence-electron chi connectivity index (χ2n) is 9.94. The summed E-state index contributed by atoms with van der Waals surface area (Å²) in [5.74, 6) is -2.10. The first-order valence-electron chi connectivity index (χ1n) is 13.8. The first kappa shape index (κ1) is 34.8. The molecular weight excluding hydrogens is 526 g/mol. The number of carboxylic acid groups (broad SMARTS) is 1. The quantitative estimate of drug-likeness (QED) is 0.401. The Morgan fingerprint density at radius 1 is 0.902 bits per heavy atom.